The van der Waals surface area contributed by atoms with Crippen molar-refractivity contribution in [2.45, 2.75) is 39.2 Å². The van der Waals surface area contributed by atoms with E-state index in [9.17, 15) is 14.4 Å². The molecule has 21 heavy (non-hydrogen) atoms. The Hall–Kier alpha value is -1.71. The molecule has 0 bridgehead atoms. The van der Waals surface area contributed by atoms with Gasteiger partial charge in [-0.3, -0.25) is 9.59 Å². The summed E-state index contributed by atoms with van der Waals surface area (Å²) < 4.78 is 0. The van der Waals surface area contributed by atoms with Gasteiger partial charge < -0.3 is 30.8 Å². The van der Waals surface area contributed by atoms with E-state index in [4.69, 9.17) is 20.4 Å². The Bertz CT molecular complexity index is 306. The van der Waals surface area contributed by atoms with Crippen LogP contribution in [0.1, 0.15) is 33.6 Å². The molecule has 0 aliphatic heterocycles. The Kier molecular flexibility index (Phi) is 14.0. The van der Waals surface area contributed by atoms with Crippen LogP contribution in [0, 0.1) is 0 Å². The largest absolute Gasteiger partial charge is 0.481 e. The molecule has 0 aliphatic rings. The summed E-state index contributed by atoms with van der Waals surface area (Å²) in [7, 11) is 0. The standard InChI is InChI=1S/C6H15N.C6H8O7.H2O/c1-4-7(5-2)6-3;7-3(8)1-6(13,5(11)12)2-4(9)10;/h4-6H2,1-3H3;13H,1-2H2,(H,7,8)(H,9,10)(H,11,12);1H2. The van der Waals surface area contributed by atoms with E-state index in [0.29, 0.717) is 0 Å². The Morgan fingerprint density at radius 1 is 0.857 bits per heavy atom. The summed E-state index contributed by atoms with van der Waals surface area (Å²) in [4.78, 5) is 32.9. The number of hydrogen-bond donors (Lipinski definition) is 4. The summed E-state index contributed by atoms with van der Waals surface area (Å²) in [5, 5.41) is 33.8. The van der Waals surface area contributed by atoms with Gasteiger partial charge in [0.2, 0.25) is 0 Å². The van der Waals surface area contributed by atoms with Gasteiger partial charge >= 0.3 is 17.9 Å². The number of nitrogens with zero attached hydrogens (tertiary/aromatic N) is 1. The van der Waals surface area contributed by atoms with Crippen LogP contribution >= 0.6 is 0 Å². The number of rotatable bonds is 8. The summed E-state index contributed by atoms with van der Waals surface area (Å²) in [5.74, 6) is -5.02. The van der Waals surface area contributed by atoms with Gasteiger partial charge in [0.15, 0.2) is 5.60 Å². The quantitative estimate of drug-likeness (QED) is 0.455. The van der Waals surface area contributed by atoms with Gasteiger partial charge in [-0.1, -0.05) is 20.8 Å². The highest BCUT2D eigenvalue weighted by molar-refractivity contribution is 5.88. The first-order valence-electron chi connectivity index (χ1n) is 6.24. The van der Waals surface area contributed by atoms with E-state index in [1.165, 1.54) is 19.6 Å². The topological polar surface area (TPSA) is 167 Å². The van der Waals surface area contributed by atoms with Crippen molar-refractivity contribution in [3.8, 4) is 0 Å². The fourth-order valence-electron chi connectivity index (χ4n) is 1.38. The molecule has 6 N–H and O–H groups in total. The molecule has 0 saturated heterocycles. The highest BCUT2D eigenvalue weighted by atomic mass is 16.4. The third-order valence-corrected chi connectivity index (χ3v) is 2.63. The van der Waals surface area contributed by atoms with Gasteiger partial charge in [-0.2, -0.15) is 0 Å². The first-order chi connectivity index (χ1) is 9.12. The highest BCUT2D eigenvalue weighted by Crippen LogP contribution is 2.15. The maximum atomic E-state index is 10.3. The highest BCUT2D eigenvalue weighted by Gasteiger charge is 2.40. The Morgan fingerprint density at radius 3 is 1.24 bits per heavy atom. The molecular formula is C12H25NO8. The van der Waals surface area contributed by atoms with Gasteiger partial charge in [0.1, 0.15) is 0 Å². The number of carboxylic acids is 3. The van der Waals surface area contributed by atoms with Crippen LogP contribution in [0.25, 0.3) is 0 Å². The average Bonchev–Trinajstić information content (AvgIpc) is 2.29. The lowest BCUT2D eigenvalue weighted by molar-refractivity contribution is -0.170. The molecule has 0 unspecified atom stereocenters. The van der Waals surface area contributed by atoms with E-state index < -0.39 is 36.4 Å². The number of aliphatic hydroxyl groups is 1. The second kappa shape index (κ2) is 12.1. The van der Waals surface area contributed by atoms with Gasteiger partial charge in [0.05, 0.1) is 12.8 Å². The summed E-state index contributed by atoms with van der Waals surface area (Å²) in [6, 6.07) is 0. The van der Waals surface area contributed by atoms with Gasteiger partial charge in [-0.25, -0.2) is 4.79 Å². The van der Waals surface area contributed by atoms with Crippen molar-refractivity contribution >= 4 is 17.9 Å². The van der Waals surface area contributed by atoms with Crippen molar-refractivity contribution in [3.63, 3.8) is 0 Å². The third kappa shape index (κ3) is 11.8. The molecule has 0 aromatic heterocycles. The minimum Gasteiger partial charge on any atom is -0.481 e. The first-order valence-corrected chi connectivity index (χ1v) is 6.24. The normalized spacial score (nSPS) is 10.1. The lowest BCUT2D eigenvalue weighted by Gasteiger charge is -2.18. The fourth-order valence-corrected chi connectivity index (χ4v) is 1.38. The molecule has 0 radical (unpaired) electrons. The van der Waals surface area contributed by atoms with Crippen LogP contribution < -0.4 is 0 Å². The molecule has 0 atom stereocenters. The molecule has 0 fully saturated rings. The molecule has 0 rings (SSSR count). The van der Waals surface area contributed by atoms with Crippen molar-refractivity contribution in [2.75, 3.05) is 19.6 Å². The molecule has 0 aliphatic carbocycles. The minimum atomic E-state index is -2.74. The molecular weight excluding hydrogens is 286 g/mol. The van der Waals surface area contributed by atoms with Crippen LogP contribution in [0.2, 0.25) is 0 Å². The van der Waals surface area contributed by atoms with Crippen LogP contribution in [0.4, 0.5) is 0 Å². The summed E-state index contributed by atoms with van der Waals surface area (Å²) in [6.45, 7) is 10.1. The number of carbonyl (C=O) groups is 3. The Balaban J connectivity index is -0.000000347. The van der Waals surface area contributed by atoms with Crippen LogP contribution in [0.5, 0.6) is 0 Å². The van der Waals surface area contributed by atoms with Gasteiger partial charge in [0, 0.05) is 0 Å². The Morgan fingerprint density at radius 2 is 1.14 bits per heavy atom. The second-order valence-electron chi connectivity index (χ2n) is 4.10. The smallest absolute Gasteiger partial charge is 0.336 e. The predicted molar refractivity (Wildman–Crippen MR) is 74.2 cm³/mol. The predicted octanol–water partition coefficient (Wildman–Crippen LogP) is -0.725. The zero-order chi connectivity index (χ0) is 16.3. The van der Waals surface area contributed by atoms with Gasteiger partial charge in [-0.05, 0) is 19.6 Å². The molecule has 0 spiro atoms. The maximum Gasteiger partial charge on any atom is 0.336 e. The molecule has 9 heteroatoms. The van der Waals surface area contributed by atoms with Crippen LogP contribution in [-0.4, -0.2) is 73.9 Å². The van der Waals surface area contributed by atoms with E-state index in [1.54, 1.807) is 0 Å². The van der Waals surface area contributed by atoms with Crippen LogP contribution in [0.3, 0.4) is 0 Å². The zero-order valence-electron chi connectivity index (χ0n) is 12.5. The van der Waals surface area contributed by atoms with E-state index >= 15 is 0 Å². The fraction of sp³-hybridized carbons (Fsp3) is 0.750. The maximum absolute atomic E-state index is 10.3. The average molecular weight is 311 g/mol. The van der Waals surface area contributed by atoms with Crippen molar-refractivity contribution in [1.29, 1.82) is 0 Å². The molecule has 9 nitrogen and oxygen atoms in total. The SMILES string of the molecule is CCN(CC)CC.O.O=C(O)CC(O)(CC(=O)O)C(=O)O. The molecule has 0 saturated carbocycles. The third-order valence-electron chi connectivity index (χ3n) is 2.63. The lowest BCUT2D eigenvalue weighted by Crippen LogP contribution is -2.42. The number of carboxylic acid groups (broad SMARTS) is 3. The van der Waals surface area contributed by atoms with Crippen molar-refractivity contribution < 1.29 is 40.3 Å². The lowest BCUT2D eigenvalue weighted by atomic mass is 9.96. The van der Waals surface area contributed by atoms with E-state index in [1.807, 2.05) is 0 Å². The molecule has 0 aromatic carbocycles. The second-order valence-corrected chi connectivity index (χ2v) is 4.10. The molecule has 0 amide bonds. The first kappa shape index (κ1) is 24.3. The number of aliphatic carboxylic acids is 3. The molecule has 0 aromatic rings. The number of hydrogen-bond acceptors (Lipinski definition) is 5. The summed E-state index contributed by atoms with van der Waals surface area (Å²) in [5.41, 5.74) is -2.74. The van der Waals surface area contributed by atoms with Crippen LogP contribution in [0.15, 0.2) is 0 Å². The Labute approximate surface area is 123 Å². The zero-order valence-corrected chi connectivity index (χ0v) is 12.5. The van der Waals surface area contributed by atoms with Crippen molar-refractivity contribution in [2.24, 2.45) is 0 Å². The minimum absolute atomic E-state index is 0. The monoisotopic (exact) mass is 311 g/mol. The summed E-state index contributed by atoms with van der Waals surface area (Å²) in [6.07, 6.45) is -2.29. The van der Waals surface area contributed by atoms with Gasteiger partial charge in [0.25, 0.3) is 0 Å². The van der Waals surface area contributed by atoms with Crippen molar-refractivity contribution in [1.82, 2.24) is 4.90 Å². The van der Waals surface area contributed by atoms with Crippen molar-refractivity contribution in [3.05, 3.63) is 0 Å². The van der Waals surface area contributed by atoms with Crippen LogP contribution in [-0.2, 0) is 14.4 Å². The van der Waals surface area contributed by atoms with E-state index in [-0.39, 0.29) is 5.48 Å². The van der Waals surface area contributed by atoms with Gasteiger partial charge in [-0.15, -0.1) is 0 Å². The molecule has 126 valence electrons. The summed E-state index contributed by atoms with van der Waals surface area (Å²) >= 11 is 0. The van der Waals surface area contributed by atoms with E-state index in [0.717, 1.165) is 0 Å². The molecule has 0 heterocycles. The van der Waals surface area contributed by atoms with E-state index in [2.05, 4.69) is 25.7 Å².